The molecule has 1 saturated heterocycles. The normalized spacial score (nSPS) is 15.2. The highest BCUT2D eigenvalue weighted by atomic mass is 19.4. The second-order valence-electron chi connectivity index (χ2n) is 8.47. The molecule has 4 rings (SSSR count). The van der Waals surface area contributed by atoms with Gasteiger partial charge in [0.2, 0.25) is 5.91 Å². The quantitative estimate of drug-likeness (QED) is 0.486. The van der Waals surface area contributed by atoms with E-state index in [1.807, 2.05) is 35.2 Å². The van der Waals surface area contributed by atoms with E-state index in [2.05, 4.69) is 10.6 Å². The van der Waals surface area contributed by atoms with Crippen molar-refractivity contribution in [2.45, 2.75) is 19.1 Å². The number of nitrogens with zero attached hydrogens (tertiary/aromatic N) is 1. The van der Waals surface area contributed by atoms with Crippen LogP contribution in [0.1, 0.15) is 22.8 Å². The van der Waals surface area contributed by atoms with Gasteiger partial charge < -0.3 is 15.4 Å². The molecule has 188 valence electrons. The van der Waals surface area contributed by atoms with Gasteiger partial charge in [-0.15, -0.1) is 0 Å². The Hall–Kier alpha value is -3.69. The second kappa shape index (κ2) is 10.9. The van der Waals surface area contributed by atoms with Crippen LogP contribution in [0.15, 0.2) is 72.8 Å². The molecular weight excluding hydrogens is 471 g/mol. The lowest BCUT2D eigenvalue weighted by Crippen LogP contribution is -2.47. The van der Waals surface area contributed by atoms with Crippen molar-refractivity contribution in [1.82, 2.24) is 4.90 Å². The van der Waals surface area contributed by atoms with E-state index in [0.717, 1.165) is 29.3 Å². The Kier molecular flexibility index (Phi) is 7.71. The summed E-state index contributed by atoms with van der Waals surface area (Å²) in [6.07, 6.45) is -4.61. The summed E-state index contributed by atoms with van der Waals surface area (Å²) in [6, 6.07) is 18.8. The van der Waals surface area contributed by atoms with Crippen molar-refractivity contribution >= 4 is 23.2 Å². The van der Waals surface area contributed by atoms with Crippen LogP contribution in [0.2, 0.25) is 0 Å². The molecule has 1 unspecified atom stereocenters. The Morgan fingerprint density at radius 1 is 0.861 bits per heavy atom. The first-order valence-corrected chi connectivity index (χ1v) is 11.5. The van der Waals surface area contributed by atoms with Gasteiger partial charge in [0.05, 0.1) is 36.2 Å². The Bertz CT molecular complexity index is 1210. The lowest BCUT2D eigenvalue weighted by atomic mass is 10.0. The summed E-state index contributed by atoms with van der Waals surface area (Å²) in [5.74, 6) is -0.981. The number of halogens is 3. The summed E-state index contributed by atoms with van der Waals surface area (Å²) in [4.78, 5) is 27.6. The highest BCUT2D eigenvalue weighted by Crippen LogP contribution is 2.34. The Balaban J connectivity index is 1.54. The van der Waals surface area contributed by atoms with Crippen LogP contribution >= 0.6 is 0 Å². The number of hydrogen-bond donors (Lipinski definition) is 2. The van der Waals surface area contributed by atoms with Crippen molar-refractivity contribution in [2.24, 2.45) is 0 Å². The van der Waals surface area contributed by atoms with Gasteiger partial charge in [0.1, 0.15) is 0 Å². The molecule has 1 fully saturated rings. The molecule has 6 nitrogen and oxygen atoms in total. The smallest absolute Gasteiger partial charge is 0.379 e. The van der Waals surface area contributed by atoms with Crippen molar-refractivity contribution in [3.8, 4) is 11.1 Å². The Labute approximate surface area is 207 Å². The lowest BCUT2D eigenvalue weighted by Gasteiger charge is -2.31. The predicted octanol–water partition coefficient (Wildman–Crippen LogP) is 5.28. The maximum Gasteiger partial charge on any atom is 0.416 e. The number of benzene rings is 3. The third kappa shape index (κ3) is 6.10. The molecule has 0 spiro atoms. The molecule has 1 aliphatic rings. The van der Waals surface area contributed by atoms with Crippen molar-refractivity contribution in [2.75, 3.05) is 36.9 Å². The maximum absolute atomic E-state index is 13.4. The van der Waals surface area contributed by atoms with Gasteiger partial charge in [-0.25, -0.2) is 0 Å². The third-order valence-electron chi connectivity index (χ3n) is 6.08. The van der Waals surface area contributed by atoms with Crippen LogP contribution in [0.3, 0.4) is 0 Å². The van der Waals surface area contributed by atoms with E-state index in [1.54, 1.807) is 31.2 Å². The number of alkyl halides is 3. The van der Waals surface area contributed by atoms with E-state index in [4.69, 9.17) is 4.74 Å². The molecule has 2 amide bonds. The first kappa shape index (κ1) is 25.4. The number of hydrogen-bond acceptors (Lipinski definition) is 4. The molecule has 9 heteroatoms. The number of anilines is 2. The number of carbonyl (C=O) groups is 2. The summed E-state index contributed by atoms with van der Waals surface area (Å²) < 4.78 is 45.4. The Morgan fingerprint density at radius 3 is 2.14 bits per heavy atom. The van der Waals surface area contributed by atoms with E-state index in [9.17, 15) is 22.8 Å². The highest BCUT2D eigenvalue weighted by molar-refractivity contribution is 6.08. The fourth-order valence-corrected chi connectivity index (χ4v) is 3.94. The molecule has 0 saturated carbocycles. The van der Waals surface area contributed by atoms with E-state index in [0.29, 0.717) is 31.9 Å². The van der Waals surface area contributed by atoms with E-state index in [-0.39, 0.29) is 11.4 Å². The van der Waals surface area contributed by atoms with Crippen molar-refractivity contribution in [3.05, 3.63) is 83.9 Å². The largest absolute Gasteiger partial charge is 0.416 e. The highest BCUT2D eigenvalue weighted by Gasteiger charge is 2.32. The standard InChI is InChI=1S/C27H26F3N3O3/c1-18(33-13-15-36-16-14-33)25(34)32-24-17-22(27(28,29)30)11-12-23(24)31-26(35)21-9-7-20(8-10-21)19-5-3-2-4-6-19/h2-12,17-18H,13-16H2,1H3,(H,31,35)(H,32,34). The van der Waals surface area contributed by atoms with Gasteiger partial charge >= 0.3 is 6.18 Å². The van der Waals surface area contributed by atoms with Gasteiger partial charge in [0.25, 0.3) is 5.91 Å². The first-order valence-electron chi connectivity index (χ1n) is 11.5. The minimum absolute atomic E-state index is 0.0719. The van der Waals surface area contributed by atoms with E-state index < -0.39 is 29.6 Å². The predicted molar refractivity (Wildman–Crippen MR) is 132 cm³/mol. The average molecular weight is 498 g/mol. The SMILES string of the molecule is CC(C(=O)Nc1cc(C(F)(F)F)ccc1NC(=O)c1ccc(-c2ccccc2)cc1)N1CCOCC1. The summed E-state index contributed by atoms with van der Waals surface area (Å²) >= 11 is 0. The zero-order chi connectivity index (χ0) is 25.7. The van der Waals surface area contributed by atoms with E-state index >= 15 is 0 Å². The zero-order valence-corrected chi connectivity index (χ0v) is 19.6. The third-order valence-corrected chi connectivity index (χ3v) is 6.08. The minimum atomic E-state index is -4.61. The Morgan fingerprint density at radius 2 is 1.50 bits per heavy atom. The van der Waals surface area contributed by atoms with Gasteiger partial charge in [-0.05, 0) is 48.4 Å². The second-order valence-corrected chi connectivity index (χ2v) is 8.47. The van der Waals surface area contributed by atoms with Crippen LogP contribution in [0, 0.1) is 0 Å². The summed E-state index contributed by atoms with van der Waals surface area (Å²) in [5, 5.41) is 5.21. The molecule has 1 atom stereocenters. The minimum Gasteiger partial charge on any atom is -0.379 e. The van der Waals surface area contributed by atoms with Gasteiger partial charge in [-0.3, -0.25) is 14.5 Å². The zero-order valence-electron chi connectivity index (χ0n) is 19.6. The van der Waals surface area contributed by atoms with Gasteiger partial charge in [0, 0.05) is 18.7 Å². The van der Waals surface area contributed by atoms with Gasteiger partial charge in [-0.1, -0.05) is 42.5 Å². The molecule has 3 aromatic carbocycles. The molecule has 0 radical (unpaired) electrons. The van der Waals surface area contributed by atoms with Crippen molar-refractivity contribution in [3.63, 3.8) is 0 Å². The molecule has 1 heterocycles. The van der Waals surface area contributed by atoms with Crippen molar-refractivity contribution < 1.29 is 27.5 Å². The van der Waals surface area contributed by atoms with Crippen LogP contribution in [-0.4, -0.2) is 49.1 Å². The fraction of sp³-hybridized carbons (Fsp3) is 0.259. The van der Waals surface area contributed by atoms with Crippen molar-refractivity contribution in [1.29, 1.82) is 0 Å². The molecule has 36 heavy (non-hydrogen) atoms. The molecule has 0 aromatic heterocycles. The van der Waals surface area contributed by atoms with Crippen LogP contribution in [0.25, 0.3) is 11.1 Å². The summed E-state index contributed by atoms with van der Waals surface area (Å²) in [7, 11) is 0. The molecule has 1 aliphatic heterocycles. The van der Waals surface area contributed by atoms with Crippen LogP contribution < -0.4 is 10.6 Å². The van der Waals surface area contributed by atoms with Crippen LogP contribution in [-0.2, 0) is 15.7 Å². The number of morpholine rings is 1. The lowest BCUT2D eigenvalue weighted by molar-refractivity contribution is -0.137. The number of nitrogens with one attached hydrogen (secondary N) is 2. The summed E-state index contributed by atoms with van der Waals surface area (Å²) in [5.41, 5.74) is 1.26. The number of ether oxygens (including phenoxy) is 1. The molecule has 0 bridgehead atoms. The maximum atomic E-state index is 13.4. The molecular formula is C27H26F3N3O3. The number of carbonyl (C=O) groups excluding carboxylic acids is 2. The number of amides is 2. The molecule has 3 aromatic rings. The first-order chi connectivity index (χ1) is 17.2. The molecule has 2 N–H and O–H groups in total. The van der Waals surface area contributed by atoms with Crippen LogP contribution in [0.4, 0.5) is 24.5 Å². The summed E-state index contributed by atoms with van der Waals surface area (Å²) in [6.45, 7) is 3.72. The average Bonchev–Trinajstić information content (AvgIpc) is 2.89. The monoisotopic (exact) mass is 497 g/mol. The van der Waals surface area contributed by atoms with Gasteiger partial charge in [-0.2, -0.15) is 13.2 Å². The van der Waals surface area contributed by atoms with E-state index in [1.165, 1.54) is 0 Å². The molecule has 0 aliphatic carbocycles. The van der Waals surface area contributed by atoms with Crippen LogP contribution in [0.5, 0.6) is 0 Å². The number of rotatable bonds is 6. The van der Waals surface area contributed by atoms with Gasteiger partial charge in [0.15, 0.2) is 0 Å². The topological polar surface area (TPSA) is 70.7 Å². The fourth-order valence-electron chi connectivity index (χ4n) is 3.94.